The molecule has 0 aromatic carbocycles. The van der Waals surface area contributed by atoms with E-state index in [1.54, 1.807) is 0 Å². The van der Waals surface area contributed by atoms with Crippen LogP contribution in [0.3, 0.4) is 0 Å². The van der Waals surface area contributed by atoms with Gasteiger partial charge in [0.15, 0.2) is 0 Å². The lowest BCUT2D eigenvalue weighted by Crippen LogP contribution is -2.35. The molecule has 0 aromatic heterocycles. The average molecular weight is 136 g/mol. The molecule has 0 unspecified atom stereocenters. The number of hydrogen-bond donors (Lipinski definition) is 0. The van der Waals surface area contributed by atoms with Crippen LogP contribution in [-0.2, 0) is 4.79 Å². The van der Waals surface area contributed by atoms with Gasteiger partial charge in [-0.3, -0.25) is 4.79 Å². The van der Waals surface area contributed by atoms with Gasteiger partial charge in [-0.15, -0.1) is 0 Å². The third kappa shape index (κ3) is 0.664. The molecule has 3 aliphatic rings. The Morgan fingerprint density at radius 1 is 1.40 bits per heavy atom. The predicted molar refractivity (Wildman–Crippen MR) is 39.5 cm³/mol. The van der Waals surface area contributed by atoms with Crippen molar-refractivity contribution in [3.8, 4) is 0 Å². The number of ketones is 1. The minimum atomic E-state index is 0.278. The van der Waals surface area contributed by atoms with Gasteiger partial charge in [0.25, 0.3) is 0 Å². The molecule has 3 atom stereocenters. The van der Waals surface area contributed by atoms with Gasteiger partial charge in [-0.2, -0.15) is 0 Å². The topological polar surface area (TPSA) is 17.1 Å². The first kappa shape index (κ1) is 6.14. The van der Waals surface area contributed by atoms with Crippen LogP contribution < -0.4 is 0 Å². The Hall–Kier alpha value is -0.590. The fourth-order valence-corrected chi connectivity index (χ4v) is 2.04. The highest BCUT2D eigenvalue weighted by atomic mass is 16.1. The molecule has 1 saturated carbocycles. The van der Waals surface area contributed by atoms with Gasteiger partial charge in [0, 0.05) is 11.8 Å². The fraction of sp³-hybridized carbons (Fsp3) is 0.667. The smallest absolute Gasteiger partial charge is 0.143 e. The van der Waals surface area contributed by atoms with Crippen LogP contribution in [0.1, 0.15) is 19.8 Å². The lowest BCUT2D eigenvalue weighted by Gasteiger charge is -2.34. The Morgan fingerprint density at radius 2 is 2.20 bits per heavy atom. The molecule has 1 heteroatoms. The molecule has 1 nitrogen and oxygen atoms in total. The van der Waals surface area contributed by atoms with E-state index in [1.807, 2.05) is 0 Å². The zero-order valence-corrected chi connectivity index (χ0v) is 6.21. The first-order valence-electron chi connectivity index (χ1n) is 4.01. The third-order valence-corrected chi connectivity index (χ3v) is 2.86. The van der Waals surface area contributed by atoms with E-state index >= 15 is 0 Å². The maximum Gasteiger partial charge on any atom is 0.143 e. The van der Waals surface area contributed by atoms with E-state index in [0.29, 0.717) is 17.6 Å². The van der Waals surface area contributed by atoms with E-state index in [9.17, 15) is 4.79 Å². The number of carbonyl (C=O) groups excluding carboxylic acids is 1. The summed E-state index contributed by atoms with van der Waals surface area (Å²) >= 11 is 0. The van der Waals surface area contributed by atoms with E-state index < -0.39 is 0 Å². The van der Waals surface area contributed by atoms with Gasteiger partial charge in [-0.1, -0.05) is 19.1 Å². The number of Topliss-reactive ketones (excluding diaryl/α,β-unsaturated/α-hetero) is 1. The van der Waals surface area contributed by atoms with Gasteiger partial charge in [-0.25, -0.2) is 0 Å². The maximum atomic E-state index is 11.3. The quantitative estimate of drug-likeness (QED) is 0.464. The summed E-state index contributed by atoms with van der Waals surface area (Å²) in [6.45, 7) is 2.06. The zero-order chi connectivity index (χ0) is 7.14. The number of carbonyl (C=O) groups is 1. The van der Waals surface area contributed by atoms with Crippen LogP contribution >= 0.6 is 0 Å². The van der Waals surface area contributed by atoms with Crippen LogP contribution in [0.15, 0.2) is 12.2 Å². The third-order valence-electron chi connectivity index (χ3n) is 2.86. The molecule has 0 saturated heterocycles. The highest BCUT2D eigenvalue weighted by Crippen LogP contribution is 2.37. The van der Waals surface area contributed by atoms with Crippen molar-refractivity contribution in [3.63, 3.8) is 0 Å². The second-order valence-corrected chi connectivity index (χ2v) is 3.42. The Balaban J connectivity index is 2.33. The highest BCUT2D eigenvalue weighted by molar-refractivity contribution is 5.87. The van der Waals surface area contributed by atoms with E-state index in [2.05, 4.69) is 19.1 Å². The van der Waals surface area contributed by atoms with Crippen LogP contribution in [0, 0.1) is 17.8 Å². The molecular weight excluding hydrogens is 124 g/mol. The van der Waals surface area contributed by atoms with E-state index in [-0.39, 0.29) is 5.92 Å². The monoisotopic (exact) mass is 136 g/mol. The van der Waals surface area contributed by atoms with Crippen LogP contribution in [0.5, 0.6) is 0 Å². The van der Waals surface area contributed by atoms with E-state index in [4.69, 9.17) is 0 Å². The number of fused-ring (bicyclic) bond motifs is 2. The Bertz CT molecular complexity index is 193. The first-order chi connectivity index (χ1) is 4.79. The SMILES string of the molecule is C[C@@H]1C(=O)[C@@H]2C=C[C@H]1CC2. The standard InChI is InChI=1S/C9H12O/c1-6-7-2-4-8(5-3-7)9(6)10/h2,4,6-8H,3,5H2,1H3/t6-,7-,8+/m0/s1. The number of rotatable bonds is 0. The van der Waals surface area contributed by atoms with Crippen LogP contribution in [-0.4, -0.2) is 5.78 Å². The zero-order valence-electron chi connectivity index (χ0n) is 6.21. The van der Waals surface area contributed by atoms with Crippen molar-refractivity contribution >= 4 is 5.78 Å². The molecular formula is C9H12O. The summed E-state index contributed by atoms with van der Waals surface area (Å²) in [5, 5.41) is 0. The lowest BCUT2D eigenvalue weighted by atomic mass is 9.69. The fourth-order valence-electron chi connectivity index (χ4n) is 2.04. The summed E-state index contributed by atoms with van der Waals surface area (Å²) in [5.74, 6) is 1.62. The molecule has 0 N–H and O–H groups in total. The van der Waals surface area contributed by atoms with Crippen molar-refractivity contribution in [2.24, 2.45) is 17.8 Å². The van der Waals surface area contributed by atoms with Crippen molar-refractivity contribution < 1.29 is 4.79 Å². The molecule has 0 amide bonds. The Morgan fingerprint density at radius 3 is 2.50 bits per heavy atom. The minimum Gasteiger partial charge on any atom is -0.299 e. The van der Waals surface area contributed by atoms with Gasteiger partial charge in [0.1, 0.15) is 5.78 Å². The van der Waals surface area contributed by atoms with Gasteiger partial charge in [0.2, 0.25) is 0 Å². The maximum absolute atomic E-state index is 11.3. The van der Waals surface area contributed by atoms with Crippen molar-refractivity contribution in [2.45, 2.75) is 19.8 Å². The average Bonchev–Trinajstić information content (AvgIpc) is 2.00. The molecule has 2 bridgehead atoms. The van der Waals surface area contributed by atoms with E-state index in [0.717, 1.165) is 6.42 Å². The van der Waals surface area contributed by atoms with E-state index in [1.165, 1.54) is 6.42 Å². The summed E-state index contributed by atoms with van der Waals surface area (Å²) in [5.41, 5.74) is 0. The van der Waals surface area contributed by atoms with Crippen molar-refractivity contribution in [1.82, 2.24) is 0 Å². The summed E-state index contributed by atoms with van der Waals surface area (Å²) in [6, 6.07) is 0. The number of allylic oxidation sites excluding steroid dienone is 2. The molecule has 0 radical (unpaired) electrons. The predicted octanol–water partition coefficient (Wildman–Crippen LogP) is 1.79. The largest absolute Gasteiger partial charge is 0.299 e. The van der Waals surface area contributed by atoms with Crippen molar-refractivity contribution in [1.29, 1.82) is 0 Å². The Labute approximate surface area is 61.1 Å². The van der Waals surface area contributed by atoms with Crippen LogP contribution in [0.2, 0.25) is 0 Å². The minimum absolute atomic E-state index is 0.278. The molecule has 54 valence electrons. The summed E-state index contributed by atoms with van der Waals surface area (Å²) < 4.78 is 0. The molecule has 0 spiro atoms. The Kier molecular flexibility index (Phi) is 1.19. The second kappa shape index (κ2) is 1.94. The molecule has 0 heterocycles. The molecule has 3 aliphatic carbocycles. The lowest BCUT2D eigenvalue weighted by molar-refractivity contribution is -0.129. The normalized spacial score (nSPS) is 44.5. The second-order valence-electron chi connectivity index (χ2n) is 3.42. The molecule has 3 rings (SSSR count). The van der Waals surface area contributed by atoms with Gasteiger partial charge >= 0.3 is 0 Å². The van der Waals surface area contributed by atoms with Crippen molar-refractivity contribution in [2.75, 3.05) is 0 Å². The van der Waals surface area contributed by atoms with Crippen LogP contribution in [0.4, 0.5) is 0 Å². The van der Waals surface area contributed by atoms with Crippen molar-refractivity contribution in [3.05, 3.63) is 12.2 Å². The first-order valence-corrected chi connectivity index (χ1v) is 4.01. The summed E-state index contributed by atoms with van der Waals surface area (Å²) in [7, 11) is 0. The number of hydrogen-bond acceptors (Lipinski definition) is 1. The summed E-state index contributed by atoms with van der Waals surface area (Å²) in [4.78, 5) is 11.3. The molecule has 1 fully saturated rings. The highest BCUT2D eigenvalue weighted by Gasteiger charge is 2.35. The summed E-state index contributed by atoms with van der Waals surface area (Å²) in [6.07, 6.45) is 6.65. The van der Waals surface area contributed by atoms with Gasteiger partial charge in [-0.05, 0) is 18.8 Å². The van der Waals surface area contributed by atoms with Gasteiger partial charge < -0.3 is 0 Å². The molecule has 0 aliphatic heterocycles. The van der Waals surface area contributed by atoms with Crippen LogP contribution in [0.25, 0.3) is 0 Å². The molecule has 0 aromatic rings. The van der Waals surface area contributed by atoms with Gasteiger partial charge in [0.05, 0.1) is 0 Å². The molecule has 10 heavy (non-hydrogen) atoms.